The highest BCUT2D eigenvalue weighted by Crippen LogP contribution is 2.31. The van der Waals surface area contributed by atoms with Crippen molar-refractivity contribution in [3.63, 3.8) is 0 Å². The van der Waals surface area contributed by atoms with Gasteiger partial charge >= 0.3 is 5.97 Å². The number of carbonyl (C=O) groups is 1. The van der Waals surface area contributed by atoms with Crippen molar-refractivity contribution in [2.75, 3.05) is 0 Å². The summed E-state index contributed by atoms with van der Waals surface area (Å²) in [5.41, 5.74) is 1.18. The molecule has 1 aromatic carbocycles. The molecule has 0 radical (unpaired) electrons. The number of aromatic carboxylic acids is 1. The smallest absolute Gasteiger partial charge is 0.336 e. The SMILES string of the molecule is CC1Cc2c(cccc2C(=O)O)O1. The Balaban J connectivity index is 2.51. The molecule has 0 aliphatic carbocycles. The summed E-state index contributed by atoms with van der Waals surface area (Å²) in [5.74, 6) is -0.165. The standard InChI is InChI=1S/C10H10O3/c1-6-5-8-7(10(11)12)3-2-4-9(8)13-6/h2-4,6H,5H2,1H3,(H,11,12). The van der Waals surface area contributed by atoms with E-state index in [4.69, 9.17) is 9.84 Å². The summed E-state index contributed by atoms with van der Waals surface area (Å²) >= 11 is 0. The summed E-state index contributed by atoms with van der Waals surface area (Å²) in [6, 6.07) is 5.13. The fourth-order valence-corrected chi connectivity index (χ4v) is 1.63. The minimum absolute atomic E-state index is 0.0931. The van der Waals surface area contributed by atoms with Crippen molar-refractivity contribution in [1.29, 1.82) is 0 Å². The van der Waals surface area contributed by atoms with E-state index in [1.165, 1.54) is 0 Å². The van der Waals surface area contributed by atoms with Gasteiger partial charge < -0.3 is 9.84 Å². The quantitative estimate of drug-likeness (QED) is 0.712. The lowest BCUT2D eigenvalue weighted by Crippen LogP contribution is -2.06. The zero-order chi connectivity index (χ0) is 9.42. The Morgan fingerprint density at radius 1 is 1.62 bits per heavy atom. The number of hydrogen-bond donors (Lipinski definition) is 1. The predicted octanol–water partition coefficient (Wildman–Crippen LogP) is 1.71. The molecule has 3 nitrogen and oxygen atoms in total. The van der Waals surface area contributed by atoms with Crippen LogP contribution in [0.1, 0.15) is 22.8 Å². The predicted molar refractivity (Wildman–Crippen MR) is 47.2 cm³/mol. The van der Waals surface area contributed by atoms with E-state index in [1.54, 1.807) is 12.1 Å². The third kappa shape index (κ3) is 1.26. The van der Waals surface area contributed by atoms with E-state index in [2.05, 4.69) is 0 Å². The zero-order valence-corrected chi connectivity index (χ0v) is 7.28. The van der Waals surface area contributed by atoms with Crippen molar-refractivity contribution >= 4 is 5.97 Å². The van der Waals surface area contributed by atoms with E-state index < -0.39 is 5.97 Å². The molecule has 3 heteroatoms. The van der Waals surface area contributed by atoms with Gasteiger partial charge in [-0.25, -0.2) is 4.79 Å². The minimum atomic E-state index is -0.880. The Labute approximate surface area is 76.0 Å². The molecule has 68 valence electrons. The highest BCUT2D eigenvalue weighted by Gasteiger charge is 2.23. The number of fused-ring (bicyclic) bond motifs is 1. The second-order valence-electron chi connectivity index (χ2n) is 3.22. The summed E-state index contributed by atoms with van der Waals surface area (Å²) in [4.78, 5) is 10.8. The van der Waals surface area contributed by atoms with Gasteiger partial charge in [-0.1, -0.05) is 6.07 Å². The molecule has 0 saturated heterocycles. The van der Waals surface area contributed by atoms with Gasteiger partial charge in [0, 0.05) is 12.0 Å². The van der Waals surface area contributed by atoms with Crippen LogP contribution in [0.25, 0.3) is 0 Å². The fourth-order valence-electron chi connectivity index (χ4n) is 1.63. The molecule has 13 heavy (non-hydrogen) atoms. The Morgan fingerprint density at radius 3 is 3.08 bits per heavy atom. The van der Waals surface area contributed by atoms with Crippen molar-refractivity contribution in [3.05, 3.63) is 29.3 Å². The van der Waals surface area contributed by atoms with Crippen LogP contribution in [0.3, 0.4) is 0 Å². The molecule has 0 aromatic heterocycles. The molecule has 0 spiro atoms. The van der Waals surface area contributed by atoms with Gasteiger partial charge in [0.05, 0.1) is 5.56 Å². The lowest BCUT2D eigenvalue weighted by atomic mass is 10.0. The van der Waals surface area contributed by atoms with Crippen LogP contribution in [0.2, 0.25) is 0 Å². The maximum atomic E-state index is 10.8. The average molecular weight is 178 g/mol. The average Bonchev–Trinajstić information content (AvgIpc) is 2.43. The summed E-state index contributed by atoms with van der Waals surface area (Å²) in [6.45, 7) is 1.94. The minimum Gasteiger partial charge on any atom is -0.490 e. The van der Waals surface area contributed by atoms with E-state index in [9.17, 15) is 4.79 Å². The van der Waals surface area contributed by atoms with E-state index in [0.29, 0.717) is 17.7 Å². The fraction of sp³-hybridized carbons (Fsp3) is 0.300. The van der Waals surface area contributed by atoms with E-state index >= 15 is 0 Å². The van der Waals surface area contributed by atoms with Crippen LogP contribution in [0.4, 0.5) is 0 Å². The number of hydrogen-bond acceptors (Lipinski definition) is 2. The molecule has 1 aliphatic rings. The number of carboxylic acid groups (broad SMARTS) is 1. The summed E-state index contributed by atoms with van der Waals surface area (Å²) < 4.78 is 5.43. The van der Waals surface area contributed by atoms with Crippen LogP contribution in [-0.2, 0) is 6.42 Å². The van der Waals surface area contributed by atoms with Crippen molar-refractivity contribution in [2.24, 2.45) is 0 Å². The molecule has 2 rings (SSSR count). The summed E-state index contributed by atoms with van der Waals surface area (Å²) in [7, 11) is 0. The van der Waals surface area contributed by atoms with Crippen LogP contribution < -0.4 is 4.74 Å². The van der Waals surface area contributed by atoms with Gasteiger partial charge in [0.1, 0.15) is 11.9 Å². The Morgan fingerprint density at radius 2 is 2.38 bits per heavy atom. The Bertz CT molecular complexity index is 357. The van der Waals surface area contributed by atoms with Crippen molar-refractivity contribution < 1.29 is 14.6 Å². The lowest BCUT2D eigenvalue weighted by Gasteiger charge is -2.01. The van der Waals surface area contributed by atoms with E-state index in [-0.39, 0.29) is 6.10 Å². The molecule has 0 saturated carbocycles. The van der Waals surface area contributed by atoms with Gasteiger partial charge in [-0.05, 0) is 19.1 Å². The van der Waals surface area contributed by atoms with Crippen molar-refractivity contribution in [2.45, 2.75) is 19.4 Å². The monoisotopic (exact) mass is 178 g/mol. The molecule has 0 fully saturated rings. The number of benzene rings is 1. The number of carboxylic acids is 1. The topological polar surface area (TPSA) is 46.5 Å². The maximum absolute atomic E-state index is 10.8. The van der Waals surface area contributed by atoms with Crippen molar-refractivity contribution in [1.82, 2.24) is 0 Å². The molecule has 0 amide bonds. The van der Waals surface area contributed by atoms with Gasteiger partial charge in [-0.15, -0.1) is 0 Å². The second kappa shape index (κ2) is 2.76. The summed E-state index contributed by atoms with van der Waals surface area (Å²) in [5, 5.41) is 8.88. The van der Waals surface area contributed by atoms with Crippen LogP contribution in [0.15, 0.2) is 18.2 Å². The first-order valence-corrected chi connectivity index (χ1v) is 4.20. The molecule has 1 unspecified atom stereocenters. The van der Waals surface area contributed by atoms with E-state index in [0.717, 1.165) is 5.56 Å². The zero-order valence-electron chi connectivity index (χ0n) is 7.28. The molecule has 1 heterocycles. The third-order valence-electron chi connectivity index (χ3n) is 2.18. The molecule has 0 bridgehead atoms. The van der Waals surface area contributed by atoms with Gasteiger partial charge in [0.15, 0.2) is 0 Å². The Kier molecular flexibility index (Phi) is 1.72. The molecular weight excluding hydrogens is 168 g/mol. The van der Waals surface area contributed by atoms with Crippen molar-refractivity contribution in [3.8, 4) is 5.75 Å². The molecular formula is C10H10O3. The van der Waals surface area contributed by atoms with Crippen LogP contribution in [0, 0.1) is 0 Å². The van der Waals surface area contributed by atoms with E-state index in [1.807, 2.05) is 13.0 Å². The number of ether oxygens (including phenoxy) is 1. The largest absolute Gasteiger partial charge is 0.490 e. The van der Waals surface area contributed by atoms with Gasteiger partial charge in [-0.3, -0.25) is 0 Å². The molecule has 1 aliphatic heterocycles. The normalized spacial score (nSPS) is 19.3. The maximum Gasteiger partial charge on any atom is 0.336 e. The second-order valence-corrected chi connectivity index (χ2v) is 3.22. The molecule has 1 aromatic rings. The first kappa shape index (κ1) is 8.10. The third-order valence-corrected chi connectivity index (χ3v) is 2.18. The van der Waals surface area contributed by atoms with Gasteiger partial charge in [-0.2, -0.15) is 0 Å². The summed E-state index contributed by atoms with van der Waals surface area (Å²) in [6.07, 6.45) is 0.785. The van der Waals surface area contributed by atoms with Crippen LogP contribution in [-0.4, -0.2) is 17.2 Å². The molecule has 1 atom stereocenters. The molecule has 1 N–H and O–H groups in total. The highest BCUT2D eigenvalue weighted by molar-refractivity contribution is 5.90. The van der Waals surface area contributed by atoms with Gasteiger partial charge in [0.2, 0.25) is 0 Å². The van der Waals surface area contributed by atoms with Crippen LogP contribution in [0.5, 0.6) is 5.75 Å². The first-order valence-electron chi connectivity index (χ1n) is 4.20. The van der Waals surface area contributed by atoms with Crippen LogP contribution >= 0.6 is 0 Å². The first-order chi connectivity index (χ1) is 6.18. The highest BCUT2D eigenvalue weighted by atomic mass is 16.5. The Hall–Kier alpha value is -1.51. The van der Waals surface area contributed by atoms with Gasteiger partial charge in [0.25, 0.3) is 0 Å². The lowest BCUT2D eigenvalue weighted by molar-refractivity contribution is 0.0696. The number of rotatable bonds is 1.